The van der Waals surface area contributed by atoms with Gasteiger partial charge in [-0.05, 0) is 48.2 Å². The molecule has 0 atom stereocenters. The standard InChI is InChI=1S/C24H18N4/c1-15(12-25)22-17(3)24(28-23-16(2)13-27-14-21(22)23)20-6-4-18(5-7-20)19-8-10-26-11-9-19/h4-11,13-14H,1H2,2-3H3. The van der Waals surface area contributed by atoms with Gasteiger partial charge in [0, 0.05) is 41.3 Å². The second kappa shape index (κ2) is 7.05. The Hall–Kier alpha value is -3.84. The van der Waals surface area contributed by atoms with Gasteiger partial charge in [0.05, 0.1) is 22.9 Å². The van der Waals surface area contributed by atoms with E-state index in [-0.39, 0.29) is 0 Å². The van der Waals surface area contributed by atoms with Gasteiger partial charge >= 0.3 is 0 Å². The summed E-state index contributed by atoms with van der Waals surface area (Å²) >= 11 is 0. The van der Waals surface area contributed by atoms with Gasteiger partial charge in [-0.3, -0.25) is 9.97 Å². The van der Waals surface area contributed by atoms with E-state index in [9.17, 15) is 5.26 Å². The minimum atomic E-state index is 0.423. The zero-order valence-corrected chi connectivity index (χ0v) is 15.8. The highest BCUT2D eigenvalue weighted by Gasteiger charge is 2.17. The number of pyridine rings is 3. The molecule has 0 aliphatic rings. The van der Waals surface area contributed by atoms with Crippen molar-refractivity contribution in [3.63, 3.8) is 0 Å². The van der Waals surface area contributed by atoms with Crippen molar-refractivity contribution in [1.82, 2.24) is 15.0 Å². The molecule has 4 nitrogen and oxygen atoms in total. The van der Waals surface area contributed by atoms with E-state index in [4.69, 9.17) is 4.98 Å². The molecular weight excluding hydrogens is 344 g/mol. The maximum absolute atomic E-state index is 9.47. The van der Waals surface area contributed by atoms with Crippen LogP contribution in [0.5, 0.6) is 0 Å². The summed E-state index contributed by atoms with van der Waals surface area (Å²) in [5, 5.41) is 10.3. The van der Waals surface area contributed by atoms with Crippen LogP contribution in [0.3, 0.4) is 0 Å². The fourth-order valence-corrected chi connectivity index (χ4v) is 3.50. The zero-order valence-electron chi connectivity index (χ0n) is 15.8. The Kier molecular flexibility index (Phi) is 4.42. The third kappa shape index (κ3) is 2.93. The summed E-state index contributed by atoms with van der Waals surface area (Å²) in [5.41, 5.74) is 8.08. The molecule has 4 rings (SSSR count). The molecule has 0 N–H and O–H groups in total. The second-order valence-corrected chi connectivity index (χ2v) is 6.72. The Bertz CT molecular complexity index is 1230. The highest BCUT2D eigenvalue weighted by molar-refractivity contribution is 5.99. The number of fused-ring (bicyclic) bond motifs is 1. The molecule has 134 valence electrons. The molecule has 0 radical (unpaired) electrons. The molecule has 0 aliphatic carbocycles. The van der Waals surface area contributed by atoms with Gasteiger partial charge in [-0.25, -0.2) is 4.98 Å². The molecule has 0 fully saturated rings. The third-order valence-corrected chi connectivity index (χ3v) is 4.93. The normalized spacial score (nSPS) is 10.6. The first-order chi connectivity index (χ1) is 13.6. The Labute approximate surface area is 163 Å². The number of hydrogen-bond acceptors (Lipinski definition) is 4. The zero-order chi connectivity index (χ0) is 19.7. The van der Waals surface area contributed by atoms with Crippen LogP contribution in [0.4, 0.5) is 0 Å². The molecular formula is C24H18N4. The summed E-state index contributed by atoms with van der Waals surface area (Å²) in [6, 6.07) is 14.4. The molecule has 3 aromatic heterocycles. The number of benzene rings is 1. The van der Waals surface area contributed by atoms with E-state index < -0.39 is 0 Å². The number of nitrogens with zero attached hydrogens (tertiary/aromatic N) is 4. The van der Waals surface area contributed by atoms with Gasteiger partial charge in [-0.2, -0.15) is 5.26 Å². The maximum atomic E-state index is 9.47. The number of rotatable bonds is 3. The predicted octanol–water partition coefficient (Wildman–Crippen LogP) is 5.51. The fourth-order valence-electron chi connectivity index (χ4n) is 3.50. The third-order valence-electron chi connectivity index (χ3n) is 4.93. The summed E-state index contributed by atoms with van der Waals surface area (Å²) in [5.74, 6) is 0. The minimum Gasteiger partial charge on any atom is -0.265 e. The molecule has 4 aromatic rings. The molecule has 28 heavy (non-hydrogen) atoms. The number of aromatic nitrogens is 3. The number of aryl methyl sites for hydroxylation is 1. The van der Waals surface area contributed by atoms with Crippen LogP contribution in [0.15, 0.2) is 67.8 Å². The molecule has 0 spiro atoms. The molecule has 1 aromatic carbocycles. The van der Waals surface area contributed by atoms with Crippen LogP contribution in [0.25, 0.3) is 38.9 Å². The van der Waals surface area contributed by atoms with E-state index in [1.165, 1.54) is 0 Å². The highest BCUT2D eigenvalue weighted by Crippen LogP contribution is 2.34. The summed E-state index contributed by atoms with van der Waals surface area (Å²) in [4.78, 5) is 13.3. The van der Waals surface area contributed by atoms with Crippen LogP contribution in [-0.4, -0.2) is 15.0 Å². The van der Waals surface area contributed by atoms with Crippen molar-refractivity contribution in [3.8, 4) is 28.5 Å². The van der Waals surface area contributed by atoms with Gasteiger partial charge in [0.15, 0.2) is 0 Å². The van der Waals surface area contributed by atoms with E-state index in [2.05, 4.69) is 46.9 Å². The van der Waals surface area contributed by atoms with E-state index in [0.29, 0.717) is 5.57 Å². The predicted molar refractivity (Wildman–Crippen MR) is 112 cm³/mol. The lowest BCUT2D eigenvalue weighted by Gasteiger charge is -2.15. The Balaban J connectivity index is 1.92. The lowest BCUT2D eigenvalue weighted by Crippen LogP contribution is -1.99. The summed E-state index contributed by atoms with van der Waals surface area (Å²) in [7, 11) is 0. The largest absolute Gasteiger partial charge is 0.265 e. The smallest absolute Gasteiger partial charge is 0.0992 e. The van der Waals surface area contributed by atoms with Gasteiger partial charge < -0.3 is 0 Å². The van der Waals surface area contributed by atoms with Gasteiger partial charge in [0.1, 0.15) is 0 Å². The average molecular weight is 362 g/mol. The first kappa shape index (κ1) is 17.6. The van der Waals surface area contributed by atoms with Crippen molar-refractivity contribution in [2.45, 2.75) is 13.8 Å². The molecule has 0 saturated heterocycles. The second-order valence-electron chi connectivity index (χ2n) is 6.72. The first-order valence-electron chi connectivity index (χ1n) is 8.95. The fraction of sp³-hybridized carbons (Fsp3) is 0.0833. The van der Waals surface area contributed by atoms with Crippen LogP contribution < -0.4 is 0 Å². The Morgan fingerprint density at radius 1 is 0.893 bits per heavy atom. The quantitative estimate of drug-likeness (QED) is 0.451. The summed E-state index contributed by atoms with van der Waals surface area (Å²) < 4.78 is 0. The number of allylic oxidation sites excluding steroid dienone is 1. The van der Waals surface area contributed by atoms with Crippen LogP contribution in [0, 0.1) is 25.2 Å². The van der Waals surface area contributed by atoms with Gasteiger partial charge in [-0.15, -0.1) is 0 Å². The number of nitriles is 1. The molecule has 3 heterocycles. The lowest BCUT2D eigenvalue weighted by molar-refractivity contribution is 1.24. The van der Waals surface area contributed by atoms with E-state index >= 15 is 0 Å². The molecule has 0 aliphatic heterocycles. The van der Waals surface area contributed by atoms with Crippen molar-refractivity contribution in [1.29, 1.82) is 5.26 Å². The lowest BCUT2D eigenvalue weighted by atomic mass is 9.93. The SMILES string of the molecule is C=C(C#N)c1c(C)c(-c2ccc(-c3ccncc3)cc2)nc2c(C)cncc12. The Morgan fingerprint density at radius 2 is 1.54 bits per heavy atom. The van der Waals surface area contributed by atoms with Crippen molar-refractivity contribution in [3.05, 3.63) is 84.5 Å². The van der Waals surface area contributed by atoms with Gasteiger partial charge in [0.25, 0.3) is 0 Å². The van der Waals surface area contributed by atoms with Crippen molar-refractivity contribution >= 4 is 16.5 Å². The van der Waals surface area contributed by atoms with Crippen molar-refractivity contribution in [2.24, 2.45) is 0 Å². The Morgan fingerprint density at radius 3 is 2.21 bits per heavy atom. The van der Waals surface area contributed by atoms with Gasteiger partial charge in [0.2, 0.25) is 0 Å². The molecule has 0 saturated carbocycles. The molecule has 4 heteroatoms. The average Bonchev–Trinajstić information content (AvgIpc) is 2.74. The van der Waals surface area contributed by atoms with E-state index in [1.54, 1.807) is 24.8 Å². The monoisotopic (exact) mass is 362 g/mol. The topological polar surface area (TPSA) is 62.5 Å². The highest BCUT2D eigenvalue weighted by atomic mass is 14.7. The van der Waals surface area contributed by atoms with E-state index in [1.807, 2.05) is 26.0 Å². The van der Waals surface area contributed by atoms with Crippen molar-refractivity contribution in [2.75, 3.05) is 0 Å². The van der Waals surface area contributed by atoms with Gasteiger partial charge in [-0.1, -0.05) is 30.8 Å². The minimum absolute atomic E-state index is 0.423. The summed E-state index contributed by atoms with van der Waals surface area (Å²) in [6.45, 7) is 7.91. The van der Waals surface area contributed by atoms with Crippen LogP contribution in [0.1, 0.15) is 16.7 Å². The summed E-state index contributed by atoms with van der Waals surface area (Å²) in [6.07, 6.45) is 7.13. The van der Waals surface area contributed by atoms with Crippen LogP contribution in [0.2, 0.25) is 0 Å². The van der Waals surface area contributed by atoms with Crippen LogP contribution in [-0.2, 0) is 0 Å². The first-order valence-corrected chi connectivity index (χ1v) is 8.95. The molecule has 0 amide bonds. The maximum Gasteiger partial charge on any atom is 0.0992 e. The van der Waals surface area contributed by atoms with Crippen molar-refractivity contribution < 1.29 is 0 Å². The number of hydrogen-bond donors (Lipinski definition) is 0. The molecule has 0 unspecified atom stereocenters. The molecule has 0 bridgehead atoms. The van der Waals surface area contributed by atoms with Crippen LogP contribution >= 0.6 is 0 Å². The van der Waals surface area contributed by atoms with E-state index in [0.717, 1.165) is 50.0 Å².